The number of benzene rings is 2. The minimum absolute atomic E-state index is 0.00174. The molecule has 0 atom stereocenters. The molecule has 0 spiro atoms. The molecule has 0 unspecified atom stereocenters. The molecular formula is C58H96N2O19. The number of anilines is 2. The summed E-state index contributed by atoms with van der Waals surface area (Å²) in [6, 6.07) is 10.3. The zero-order chi connectivity index (χ0) is 56.9. The van der Waals surface area contributed by atoms with Crippen molar-refractivity contribution in [3.8, 4) is 23.0 Å². The van der Waals surface area contributed by atoms with Crippen molar-refractivity contribution in [3.05, 3.63) is 36.4 Å². The third-order valence-corrected chi connectivity index (χ3v) is 11.7. The van der Waals surface area contributed by atoms with Crippen LogP contribution in [-0.4, -0.2) is 196 Å². The third kappa shape index (κ3) is 43.0. The Labute approximate surface area is 469 Å². The first kappa shape index (κ1) is 70.6. The standard InChI is InChI=1S/C58H96N2O19/c1-65-57-19-17-53(46-55(57)59)78-27-11-16-49(61)12-3-7-23-67-30-36-73-37-31-68-24-8-4-13-50(62)21-28-71-34-40-75-42-44-77-45-43-76-41-35-72-29-22-51(63)14-5-9-25-69-32-38-74-39-33-70-26-10-6-15-52(64)48-79-54-18-20-58(66-2)56(60)47-54/h17-20,46-47H,3-16,21-45,48,59-60H2,1-2H3. The predicted octanol–water partition coefficient (Wildman–Crippen LogP) is 7.03. The van der Waals surface area contributed by atoms with Gasteiger partial charge in [-0.2, -0.15) is 0 Å². The number of nitrogens with two attached hydrogens (primary N) is 2. The maximum atomic E-state index is 12.2. The molecule has 4 N–H and O–H groups in total. The van der Waals surface area contributed by atoms with Crippen molar-refractivity contribution in [2.45, 2.75) is 103 Å². The summed E-state index contributed by atoms with van der Waals surface area (Å²) >= 11 is 0. The van der Waals surface area contributed by atoms with E-state index in [4.69, 9.17) is 82.5 Å². The Morgan fingerprint density at radius 3 is 0.911 bits per heavy atom. The molecule has 0 fully saturated rings. The third-order valence-electron chi connectivity index (χ3n) is 11.7. The van der Waals surface area contributed by atoms with Crippen LogP contribution in [0.1, 0.15) is 103 Å². The van der Waals surface area contributed by atoms with E-state index in [1.807, 2.05) is 0 Å². The number of rotatable bonds is 60. The Morgan fingerprint density at radius 1 is 0.304 bits per heavy atom. The molecule has 21 nitrogen and oxygen atoms in total. The quantitative estimate of drug-likeness (QED) is 0.0498. The summed E-state index contributed by atoms with van der Waals surface area (Å²) in [6.45, 7) is 10.8. The summed E-state index contributed by atoms with van der Waals surface area (Å²) in [4.78, 5) is 48.5. The van der Waals surface area contributed by atoms with Gasteiger partial charge in [-0.1, -0.05) is 0 Å². The lowest BCUT2D eigenvalue weighted by molar-refractivity contribution is -0.121. The highest BCUT2D eigenvalue weighted by atomic mass is 16.6. The zero-order valence-corrected chi connectivity index (χ0v) is 47.7. The smallest absolute Gasteiger partial charge is 0.170 e. The fourth-order valence-corrected chi connectivity index (χ4v) is 7.22. The molecule has 0 aliphatic carbocycles. The fraction of sp³-hybridized carbons (Fsp3) is 0.724. The van der Waals surface area contributed by atoms with Crippen molar-refractivity contribution in [1.82, 2.24) is 0 Å². The van der Waals surface area contributed by atoms with Crippen molar-refractivity contribution in [1.29, 1.82) is 0 Å². The number of methoxy groups -OCH3 is 2. The lowest BCUT2D eigenvalue weighted by Crippen LogP contribution is -2.14. The van der Waals surface area contributed by atoms with E-state index in [0.717, 1.165) is 51.4 Å². The van der Waals surface area contributed by atoms with Crippen molar-refractivity contribution in [2.24, 2.45) is 0 Å². The van der Waals surface area contributed by atoms with E-state index < -0.39 is 0 Å². The van der Waals surface area contributed by atoms with E-state index in [-0.39, 0.29) is 29.7 Å². The Morgan fingerprint density at radius 2 is 0.582 bits per heavy atom. The summed E-state index contributed by atoms with van der Waals surface area (Å²) < 4.78 is 82.5. The highest BCUT2D eigenvalue weighted by Crippen LogP contribution is 2.27. The topological polar surface area (TPSA) is 259 Å². The number of hydrogen-bond acceptors (Lipinski definition) is 21. The van der Waals surface area contributed by atoms with Crippen LogP contribution >= 0.6 is 0 Å². The van der Waals surface area contributed by atoms with Crippen LogP contribution in [0.25, 0.3) is 0 Å². The molecule has 0 amide bonds. The van der Waals surface area contributed by atoms with E-state index in [2.05, 4.69) is 0 Å². The number of Topliss-reactive ketones (excluding diaryl/α,β-unsaturated/α-hetero) is 4. The van der Waals surface area contributed by atoms with Crippen LogP contribution in [0.15, 0.2) is 36.4 Å². The molecule has 2 aromatic carbocycles. The predicted molar refractivity (Wildman–Crippen MR) is 299 cm³/mol. The molecule has 0 aromatic heterocycles. The monoisotopic (exact) mass is 1120 g/mol. The van der Waals surface area contributed by atoms with Gasteiger partial charge in [0.25, 0.3) is 0 Å². The summed E-state index contributed by atoms with van der Waals surface area (Å²) in [6.07, 6.45) is 10.2. The van der Waals surface area contributed by atoms with Gasteiger partial charge in [-0.05, 0) is 82.1 Å². The number of carbonyl (C=O) groups is 4. The van der Waals surface area contributed by atoms with Gasteiger partial charge in [-0.3, -0.25) is 19.2 Å². The molecule has 21 heteroatoms. The number of unbranched alkanes of at least 4 members (excludes halogenated alkanes) is 4. The highest BCUT2D eigenvalue weighted by Gasteiger charge is 2.09. The fourth-order valence-electron chi connectivity index (χ4n) is 7.22. The van der Waals surface area contributed by atoms with Gasteiger partial charge >= 0.3 is 0 Å². The summed E-state index contributed by atoms with van der Waals surface area (Å²) in [5, 5.41) is 0. The summed E-state index contributed by atoms with van der Waals surface area (Å²) in [7, 11) is 3.11. The van der Waals surface area contributed by atoms with Gasteiger partial charge < -0.3 is 82.5 Å². The molecule has 2 aromatic rings. The van der Waals surface area contributed by atoms with Crippen LogP contribution in [0.5, 0.6) is 23.0 Å². The van der Waals surface area contributed by atoms with Crippen molar-refractivity contribution in [3.63, 3.8) is 0 Å². The molecule has 0 saturated heterocycles. The molecule has 0 aliphatic heterocycles. The maximum Gasteiger partial charge on any atom is 0.170 e. The van der Waals surface area contributed by atoms with Crippen molar-refractivity contribution in [2.75, 3.05) is 184 Å². The lowest BCUT2D eigenvalue weighted by atomic mass is 10.1. The molecule has 2 rings (SSSR count). The van der Waals surface area contributed by atoms with Gasteiger partial charge in [0.2, 0.25) is 0 Å². The number of nitrogen functional groups attached to an aromatic ring is 2. The Kier molecular flexibility index (Phi) is 46.1. The van der Waals surface area contributed by atoms with E-state index in [1.165, 1.54) is 0 Å². The molecule has 0 radical (unpaired) electrons. The van der Waals surface area contributed by atoms with Crippen LogP contribution in [0.3, 0.4) is 0 Å². The summed E-state index contributed by atoms with van der Waals surface area (Å²) in [5.74, 6) is 2.96. The molecule has 0 bridgehead atoms. The van der Waals surface area contributed by atoms with Crippen LogP contribution in [0, 0.1) is 0 Å². The van der Waals surface area contributed by atoms with Gasteiger partial charge in [0, 0.05) is 83.5 Å². The number of ether oxygens (including phenoxy) is 15. The molecule has 452 valence electrons. The van der Waals surface area contributed by atoms with Crippen LogP contribution in [0.2, 0.25) is 0 Å². The molecular weight excluding hydrogens is 1030 g/mol. The Bertz CT molecular complexity index is 1820. The minimum Gasteiger partial charge on any atom is -0.495 e. The number of hydrogen-bond donors (Lipinski definition) is 2. The first-order chi connectivity index (χ1) is 38.7. The maximum absolute atomic E-state index is 12.2. The van der Waals surface area contributed by atoms with Gasteiger partial charge in [0.15, 0.2) is 5.78 Å². The van der Waals surface area contributed by atoms with Gasteiger partial charge in [0.1, 0.15) is 47.0 Å². The highest BCUT2D eigenvalue weighted by molar-refractivity contribution is 5.80. The van der Waals surface area contributed by atoms with Gasteiger partial charge in [-0.15, -0.1) is 0 Å². The molecule has 0 aliphatic rings. The first-order valence-electron chi connectivity index (χ1n) is 28.3. The molecule has 0 saturated carbocycles. The SMILES string of the molecule is COc1ccc(OCCCC(=O)CCCCOCCOCCOCCCCC(=O)CCOCCOCCOCCOCCOCCC(=O)CCCCOCCOCCOCCCCC(=O)COc2ccc(OC)c(N)c2)cc1N. The average Bonchev–Trinajstić information content (AvgIpc) is 3.44. The summed E-state index contributed by atoms with van der Waals surface area (Å²) in [5.41, 5.74) is 12.7. The first-order valence-corrected chi connectivity index (χ1v) is 28.3. The van der Waals surface area contributed by atoms with Gasteiger partial charge in [-0.25, -0.2) is 0 Å². The zero-order valence-electron chi connectivity index (χ0n) is 47.7. The lowest BCUT2D eigenvalue weighted by Gasteiger charge is -2.09. The van der Waals surface area contributed by atoms with Crippen molar-refractivity contribution >= 4 is 34.5 Å². The average molecular weight is 1130 g/mol. The van der Waals surface area contributed by atoms with Crippen LogP contribution < -0.4 is 30.4 Å². The second kappa shape index (κ2) is 51.6. The second-order valence-electron chi connectivity index (χ2n) is 18.3. The van der Waals surface area contributed by atoms with E-state index >= 15 is 0 Å². The van der Waals surface area contributed by atoms with E-state index in [0.29, 0.717) is 238 Å². The van der Waals surface area contributed by atoms with Crippen molar-refractivity contribution < 1.29 is 90.2 Å². The number of carbonyl (C=O) groups excluding carboxylic acids is 4. The number of ketones is 4. The van der Waals surface area contributed by atoms with Gasteiger partial charge in [0.05, 0.1) is 151 Å². The second-order valence-corrected chi connectivity index (χ2v) is 18.3. The largest absolute Gasteiger partial charge is 0.495 e. The minimum atomic E-state index is 0.00174. The van der Waals surface area contributed by atoms with E-state index in [9.17, 15) is 19.2 Å². The Hall–Kier alpha value is -4.52. The van der Waals surface area contributed by atoms with Crippen LogP contribution in [0.4, 0.5) is 11.4 Å². The normalized spacial score (nSPS) is 11.3. The Balaban J connectivity index is 1.17. The molecule has 0 heterocycles. The van der Waals surface area contributed by atoms with E-state index in [1.54, 1.807) is 50.6 Å². The molecule has 79 heavy (non-hydrogen) atoms. The van der Waals surface area contributed by atoms with Crippen LogP contribution in [-0.2, 0) is 71.3 Å².